The summed E-state index contributed by atoms with van der Waals surface area (Å²) in [5.41, 5.74) is 0.864. The molecule has 6 nitrogen and oxygen atoms in total. The van der Waals surface area contributed by atoms with Gasteiger partial charge in [0.1, 0.15) is 0 Å². The molecule has 0 amide bonds. The van der Waals surface area contributed by atoms with Crippen molar-refractivity contribution in [1.29, 1.82) is 0 Å². The highest BCUT2D eigenvalue weighted by Crippen LogP contribution is 2.31. The van der Waals surface area contributed by atoms with Gasteiger partial charge in [0.25, 0.3) is 0 Å². The smallest absolute Gasteiger partial charge is 0.311 e. The average Bonchev–Trinajstić information content (AvgIpc) is 2.41. The van der Waals surface area contributed by atoms with Gasteiger partial charge < -0.3 is 15.0 Å². The van der Waals surface area contributed by atoms with E-state index < -0.39 is 4.92 Å². The van der Waals surface area contributed by atoms with E-state index in [1.165, 1.54) is 13.2 Å². The van der Waals surface area contributed by atoms with Gasteiger partial charge >= 0.3 is 5.69 Å². The lowest BCUT2D eigenvalue weighted by Crippen LogP contribution is -2.43. The maximum Gasteiger partial charge on any atom is 0.311 e. The molecule has 1 aliphatic heterocycles. The van der Waals surface area contributed by atoms with E-state index in [9.17, 15) is 10.1 Å². The van der Waals surface area contributed by atoms with Gasteiger partial charge in [0.15, 0.2) is 5.75 Å². The van der Waals surface area contributed by atoms with Crippen molar-refractivity contribution in [3.05, 3.63) is 28.3 Å². The Kier molecular flexibility index (Phi) is 4.44. The number of hydrogen-bond acceptors (Lipinski definition) is 5. The summed E-state index contributed by atoms with van der Waals surface area (Å²) in [4.78, 5) is 12.8. The predicted octanol–water partition coefficient (Wildman–Crippen LogP) is 2.36. The number of ether oxygens (including phenoxy) is 1. The first-order valence-corrected chi connectivity index (χ1v) is 6.78. The molecule has 1 aromatic carbocycles. The van der Waals surface area contributed by atoms with Gasteiger partial charge in [-0.3, -0.25) is 10.1 Å². The van der Waals surface area contributed by atoms with E-state index in [1.54, 1.807) is 12.1 Å². The molecule has 110 valence electrons. The zero-order chi connectivity index (χ0) is 14.7. The second-order valence-corrected chi connectivity index (χ2v) is 5.42. The molecule has 1 saturated heterocycles. The maximum atomic E-state index is 10.9. The molecule has 1 aliphatic rings. The Morgan fingerprint density at radius 1 is 1.50 bits per heavy atom. The Bertz CT molecular complexity index is 493. The Labute approximate surface area is 118 Å². The Hall–Kier alpha value is -1.82. The highest BCUT2D eigenvalue weighted by Gasteiger charge is 2.24. The predicted molar refractivity (Wildman–Crippen MR) is 78.3 cm³/mol. The van der Waals surface area contributed by atoms with E-state index in [1.807, 2.05) is 0 Å². The molecule has 0 radical (unpaired) electrons. The molecule has 20 heavy (non-hydrogen) atoms. The normalized spacial score (nSPS) is 23.4. The van der Waals surface area contributed by atoms with Gasteiger partial charge in [-0.1, -0.05) is 6.92 Å². The second kappa shape index (κ2) is 6.09. The van der Waals surface area contributed by atoms with E-state index in [0.717, 1.165) is 25.2 Å². The zero-order valence-corrected chi connectivity index (χ0v) is 12.1. The van der Waals surface area contributed by atoms with Crippen molar-refractivity contribution in [2.45, 2.75) is 19.4 Å². The third kappa shape index (κ3) is 3.19. The van der Waals surface area contributed by atoms with Crippen LogP contribution in [0.1, 0.15) is 13.3 Å². The standard InChI is InChI=1S/C14H21N3O3/c1-10-9-16(2)7-6-12(10)15-11-4-5-13(17(18)19)14(8-11)20-3/h4-5,8,10,12,15H,6-7,9H2,1-3H3. The van der Waals surface area contributed by atoms with Crippen LogP contribution in [0.2, 0.25) is 0 Å². The van der Waals surface area contributed by atoms with Gasteiger partial charge in [-0.25, -0.2) is 0 Å². The number of nitro benzene ring substituents is 1. The van der Waals surface area contributed by atoms with Crippen LogP contribution in [-0.4, -0.2) is 43.1 Å². The first-order chi connectivity index (χ1) is 9.51. The van der Waals surface area contributed by atoms with Crippen molar-refractivity contribution in [3.63, 3.8) is 0 Å². The number of hydrogen-bond donors (Lipinski definition) is 1. The maximum absolute atomic E-state index is 10.9. The Balaban J connectivity index is 2.12. The summed E-state index contributed by atoms with van der Waals surface area (Å²) in [5, 5.41) is 14.3. The highest BCUT2D eigenvalue weighted by molar-refractivity contribution is 5.58. The molecule has 1 aromatic rings. The molecule has 2 rings (SSSR count). The van der Waals surface area contributed by atoms with Crippen molar-refractivity contribution in [3.8, 4) is 5.75 Å². The van der Waals surface area contributed by atoms with E-state index in [-0.39, 0.29) is 5.69 Å². The SMILES string of the molecule is COc1cc(NC2CCN(C)CC2C)ccc1[N+](=O)[O-]. The zero-order valence-electron chi connectivity index (χ0n) is 12.1. The minimum absolute atomic E-state index is 0.00511. The van der Waals surface area contributed by atoms with Crippen LogP contribution in [0, 0.1) is 16.0 Å². The summed E-state index contributed by atoms with van der Waals surface area (Å²) >= 11 is 0. The number of anilines is 1. The molecule has 6 heteroatoms. The van der Waals surface area contributed by atoms with E-state index in [2.05, 4.69) is 24.2 Å². The molecule has 0 aromatic heterocycles. The largest absolute Gasteiger partial charge is 0.490 e. The lowest BCUT2D eigenvalue weighted by Gasteiger charge is -2.35. The van der Waals surface area contributed by atoms with Gasteiger partial charge in [-0.15, -0.1) is 0 Å². The van der Waals surface area contributed by atoms with Crippen LogP contribution in [0.3, 0.4) is 0 Å². The Morgan fingerprint density at radius 3 is 2.85 bits per heavy atom. The van der Waals surface area contributed by atoms with Gasteiger partial charge in [-0.05, 0) is 32.0 Å². The van der Waals surface area contributed by atoms with E-state index in [0.29, 0.717) is 17.7 Å². The summed E-state index contributed by atoms with van der Waals surface area (Å²) in [6.07, 6.45) is 1.07. The van der Waals surface area contributed by atoms with Gasteiger partial charge in [0.05, 0.1) is 12.0 Å². The molecule has 0 spiro atoms. The number of nitrogens with one attached hydrogen (secondary N) is 1. The van der Waals surface area contributed by atoms with Crippen LogP contribution in [-0.2, 0) is 0 Å². The minimum atomic E-state index is -0.430. The summed E-state index contributed by atoms with van der Waals surface area (Å²) in [7, 11) is 3.58. The Morgan fingerprint density at radius 2 is 2.25 bits per heavy atom. The van der Waals surface area contributed by atoms with Crippen LogP contribution >= 0.6 is 0 Å². The van der Waals surface area contributed by atoms with Crippen molar-refractivity contribution < 1.29 is 9.66 Å². The number of rotatable bonds is 4. The lowest BCUT2D eigenvalue weighted by atomic mass is 9.94. The summed E-state index contributed by atoms with van der Waals surface area (Å²) in [5.74, 6) is 0.829. The van der Waals surface area contributed by atoms with Crippen LogP contribution < -0.4 is 10.1 Å². The topological polar surface area (TPSA) is 67.6 Å². The molecular formula is C14H21N3O3. The molecule has 0 aliphatic carbocycles. The second-order valence-electron chi connectivity index (χ2n) is 5.42. The van der Waals surface area contributed by atoms with Crippen LogP contribution in [0.4, 0.5) is 11.4 Å². The third-order valence-corrected chi connectivity index (χ3v) is 3.84. The molecule has 2 atom stereocenters. The molecule has 1 fully saturated rings. The number of piperidine rings is 1. The van der Waals surface area contributed by atoms with E-state index >= 15 is 0 Å². The summed E-state index contributed by atoms with van der Waals surface area (Å²) in [6.45, 7) is 4.34. The number of methoxy groups -OCH3 is 1. The van der Waals surface area contributed by atoms with Gasteiger partial charge in [-0.2, -0.15) is 0 Å². The van der Waals surface area contributed by atoms with Crippen molar-refractivity contribution in [2.75, 3.05) is 32.6 Å². The molecule has 0 bridgehead atoms. The fourth-order valence-electron chi connectivity index (χ4n) is 2.70. The molecule has 0 saturated carbocycles. The van der Waals surface area contributed by atoms with Crippen LogP contribution in [0.5, 0.6) is 5.75 Å². The number of benzene rings is 1. The fraction of sp³-hybridized carbons (Fsp3) is 0.571. The van der Waals surface area contributed by atoms with Crippen LogP contribution in [0.25, 0.3) is 0 Å². The van der Waals surface area contributed by atoms with Crippen molar-refractivity contribution in [2.24, 2.45) is 5.92 Å². The summed E-state index contributed by atoms with van der Waals surface area (Å²) < 4.78 is 5.09. The molecular weight excluding hydrogens is 258 g/mol. The molecule has 1 N–H and O–H groups in total. The van der Waals surface area contributed by atoms with Gasteiger partial charge in [0.2, 0.25) is 0 Å². The number of nitro groups is 1. The molecule has 1 heterocycles. The van der Waals surface area contributed by atoms with E-state index in [4.69, 9.17) is 4.74 Å². The summed E-state index contributed by atoms with van der Waals surface area (Å²) in [6, 6.07) is 5.31. The minimum Gasteiger partial charge on any atom is -0.490 e. The third-order valence-electron chi connectivity index (χ3n) is 3.84. The fourth-order valence-corrected chi connectivity index (χ4v) is 2.70. The van der Waals surface area contributed by atoms with Crippen molar-refractivity contribution >= 4 is 11.4 Å². The van der Waals surface area contributed by atoms with Gasteiger partial charge in [0, 0.05) is 30.4 Å². The first-order valence-electron chi connectivity index (χ1n) is 6.78. The average molecular weight is 279 g/mol. The molecule has 2 unspecified atom stereocenters. The van der Waals surface area contributed by atoms with Crippen molar-refractivity contribution in [1.82, 2.24) is 4.90 Å². The first kappa shape index (κ1) is 14.6. The highest BCUT2D eigenvalue weighted by atomic mass is 16.6. The number of likely N-dealkylation sites (tertiary alicyclic amines) is 1. The lowest BCUT2D eigenvalue weighted by molar-refractivity contribution is -0.385. The number of nitrogens with zero attached hydrogens (tertiary/aromatic N) is 2. The monoisotopic (exact) mass is 279 g/mol. The van der Waals surface area contributed by atoms with Crippen LogP contribution in [0.15, 0.2) is 18.2 Å². The quantitative estimate of drug-likeness (QED) is 0.677.